The van der Waals surface area contributed by atoms with Gasteiger partial charge in [-0.25, -0.2) is 9.78 Å². The Labute approximate surface area is 173 Å². The largest absolute Gasteiger partial charge is 1.00 e. The molecule has 23 heavy (non-hydrogen) atoms. The van der Waals surface area contributed by atoms with Crippen LogP contribution < -0.4 is 61.2 Å². The summed E-state index contributed by atoms with van der Waals surface area (Å²) in [6.45, 7) is 0. The third-order valence-corrected chi connectivity index (χ3v) is 2.89. The molecular weight excluding hydrogens is 327 g/mol. The molecule has 0 unspecified atom stereocenters. The van der Waals surface area contributed by atoms with E-state index in [1.807, 2.05) is 28.8 Å². The zero-order chi connectivity index (χ0) is 15.5. The molecule has 3 aromatic rings. The van der Waals surface area contributed by atoms with E-state index in [1.165, 1.54) is 6.07 Å². The van der Waals surface area contributed by atoms with Crippen LogP contribution >= 0.6 is 0 Å². The molecule has 8 heteroatoms. The van der Waals surface area contributed by atoms with E-state index in [1.54, 1.807) is 24.4 Å². The number of carboxylic acid groups (broad SMARTS) is 1. The van der Waals surface area contributed by atoms with Crippen LogP contribution in [0.3, 0.4) is 0 Å². The van der Waals surface area contributed by atoms with Crippen LogP contribution in [0.15, 0.2) is 54.9 Å². The minimum absolute atomic E-state index is 0. The SMILES string of the molecule is O=C([O-])OC(=O)Oc1ccccc1-c1cn2ccccc2n1.[K+]. The summed E-state index contributed by atoms with van der Waals surface area (Å²) in [5, 5.41) is 10.2. The average Bonchev–Trinajstić information content (AvgIpc) is 2.90. The molecule has 0 aliphatic heterocycles. The minimum atomic E-state index is -1.98. The van der Waals surface area contributed by atoms with Crippen molar-refractivity contribution in [3.8, 4) is 17.0 Å². The Morgan fingerprint density at radius 2 is 1.83 bits per heavy atom. The number of carbonyl (C=O) groups is 2. The molecule has 110 valence electrons. The molecule has 0 N–H and O–H groups in total. The smallest absolute Gasteiger partial charge is 0.452 e. The van der Waals surface area contributed by atoms with Gasteiger partial charge in [-0.2, -0.15) is 0 Å². The van der Waals surface area contributed by atoms with E-state index in [9.17, 15) is 14.7 Å². The molecule has 0 aliphatic rings. The first-order chi connectivity index (χ1) is 10.6. The number of fused-ring (bicyclic) bond motifs is 1. The molecule has 0 aliphatic carbocycles. The minimum Gasteiger partial charge on any atom is -0.452 e. The van der Waals surface area contributed by atoms with Crippen molar-refractivity contribution in [2.45, 2.75) is 0 Å². The standard InChI is InChI=1S/C15H10N2O5.K/c18-14(19)22-15(20)21-12-6-2-1-5-10(12)11-9-17-8-4-3-7-13(17)16-11;/h1-9H,(H,18,19);/q;+1/p-1. The second-order valence-electron chi connectivity index (χ2n) is 4.29. The van der Waals surface area contributed by atoms with Gasteiger partial charge in [0.2, 0.25) is 0 Å². The normalized spacial score (nSPS) is 9.91. The van der Waals surface area contributed by atoms with Gasteiger partial charge in [-0.3, -0.25) is 0 Å². The van der Waals surface area contributed by atoms with Crippen molar-refractivity contribution in [3.05, 3.63) is 54.9 Å². The quantitative estimate of drug-likeness (QED) is 0.254. The Bertz CT molecular complexity index is 829. The molecule has 3 rings (SSSR count). The van der Waals surface area contributed by atoms with Gasteiger partial charge in [-0.15, -0.1) is 0 Å². The molecule has 1 aromatic carbocycles. The summed E-state index contributed by atoms with van der Waals surface area (Å²) in [4.78, 5) is 25.9. The maximum atomic E-state index is 11.3. The van der Waals surface area contributed by atoms with E-state index < -0.39 is 12.3 Å². The number of ether oxygens (including phenoxy) is 2. The Balaban J connectivity index is 0.00000192. The number of pyridine rings is 1. The molecule has 0 saturated heterocycles. The third-order valence-electron chi connectivity index (χ3n) is 2.89. The number of rotatable bonds is 2. The van der Waals surface area contributed by atoms with Gasteiger partial charge < -0.3 is 23.8 Å². The van der Waals surface area contributed by atoms with Crippen LogP contribution in [0.25, 0.3) is 16.9 Å². The van der Waals surface area contributed by atoms with Crippen molar-refractivity contribution < 1.29 is 75.6 Å². The van der Waals surface area contributed by atoms with Gasteiger partial charge in [0.25, 0.3) is 6.16 Å². The first-order valence-corrected chi connectivity index (χ1v) is 6.27. The summed E-state index contributed by atoms with van der Waals surface area (Å²) in [6, 6.07) is 12.1. The van der Waals surface area contributed by atoms with E-state index in [4.69, 9.17) is 4.74 Å². The predicted octanol–water partition coefficient (Wildman–Crippen LogP) is -1.14. The monoisotopic (exact) mass is 336 g/mol. The summed E-state index contributed by atoms with van der Waals surface area (Å²) in [5.41, 5.74) is 1.83. The van der Waals surface area contributed by atoms with Gasteiger partial charge in [0, 0.05) is 18.0 Å². The molecule has 0 amide bonds. The molecular formula is C15H9KN2O5. The molecule has 0 spiro atoms. The topological polar surface area (TPSA) is 93.0 Å². The van der Waals surface area contributed by atoms with Crippen molar-refractivity contribution in [3.63, 3.8) is 0 Å². The fourth-order valence-electron chi connectivity index (χ4n) is 2.01. The number of benzene rings is 1. The van der Waals surface area contributed by atoms with Crippen LogP contribution in [0.1, 0.15) is 0 Å². The fourth-order valence-corrected chi connectivity index (χ4v) is 2.01. The zero-order valence-electron chi connectivity index (χ0n) is 12.1. The van der Waals surface area contributed by atoms with Gasteiger partial charge >= 0.3 is 57.5 Å². The van der Waals surface area contributed by atoms with Gasteiger partial charge in [0.1, 0.15) is 11.4 Å². The van der Waals surface area contributed by atoms with Gasteiger partial charge in [-0.05, 0) is 24.3 Å². The van der Waals surface area contributed by atoms with Crippen molar-refractivity contribution >= 4 is 18.0 Å². The second kappa shape index (κ2) is 7.71. The molecule has 2 heterocycles. The number of hydrogen-bond donors (Lipinski definition) is 0. The van der Waals surface area contributed by atoms with E-state index in [0.29, 0.717) is 11.3 Å². The predicted molar refractivity (Wildman–Crippen MR) is 73.1 cm³/mol. The molecule has 0 atom stereocenters. The summed E-state index contributed by atoms with van der Waals surface area (Å²) in [6.07, 6.45) is 0.243. The Hall–Kier alpha value is -1.71. The number of hydrogen-bond acceptors (Lipinski definition) is 6. The Morgan fingerprint density at radius 3 is 2.57 bits per heavy atom. The summed E-state index contributed by atoms with van der Waals surface area (Å²) >= 11 is 0. The van der Waals surface area contributed by atoms with Crippen molar-refractivity contribution in [1.29, 1.82) is 0 Å². The number of imidazole rings is 1. The molecule has 2 aromatic heterocycles. The number of carbonyl (C=O) groups excluding carboxylic acids is 2. The average molecular weight is 336 g/mol. The zero-order valence-corrected chi connectivity index (χ0v) is 15.3. The van der Waals surface area contributed by atoms with Gasteiger partial charge in [0.05, 0.1) is 5.69 Å². The van der Waals surface area contributed by atoms with Crippen LogP contribution in [0.4, 0.5) is 9.59 Å². The van der Waals surface area contributed by atoms with Crippen molar-refractivity contribution in [2.75, 3.05) is 0 Å². The molecule has 0 fully saturated rings. The van der Waals surface area contributed by atoms with E-state index in [-0.39, 0.29) is 57.1 Å². The molecule has 7 nitrogen and oxygen atoms in total. The number of nitrogens with zero attached hydrogens (tertiary/aromatic N) is 2. The second-order valence-corrected chi connectivity index (χ2v) is 4.29. The van der Waals surface area contributed by atoms with Gasteiger partial charge in [-0.1, -0.05) is 18.2 Å². The number of aromatic nitrogens is 2. The third kappa shape index (κ3) is 4.18. The first-order valence-electron chi connectivity index (χ1n) is 6.27. The first kappa shape index (κ1) is 17.6. The van der Waals surface area contributed by atoms with E-state index >= 15 is 0 Å². The molecule has 0 bridgehead atoms. The summed E-state index contributed by atoms with van der Waals surface area (Å²) in [7, 11) is 0. The Kier molecular flexibility index (Phi) is 5.91. The van der Waals surface area contributed by atoms with Crippen LogP contribution in [0, 0.1) is 0 Å². The summed E-state index contributed by atoms with van der Waals surface area (Å²) < 4.78 is 10.5. The van der Waals surface area contributed by atoms with Crippen LogP contribution in [-0.2, 0) is 4.74 Å². The van der Waals surface area contributed by atoms with Gasteiger partial charge in [0.15, 0.2) is 0 Å². The van der Waals surface area contributed by atoms with Crippen LogP contribution in [-0.4, -0.2) is 21.7 Å². The van der Waals surface area contributed by atoms with Crippen molar-refractivity contribution in [2.24, 2.45) is 0 Å². The molecule has 0 radical (unpaired) electrons. The Morgan fingerprint density at radius 1 is 1.09 bits per heavy atom. The molecule has 0 saturated carbocycles. The van der Waals surface area contributed by atoms with Crippen LogP contribution in [0.5, 0.6) is 5.75 Å². The fraction of sp³-hybridized carbons (Fsp3) is 0. The van der Waals surface area contributed by atoms with E-state index in [2.05, 4.69) is 9.72 Å². The summed E-state index contributed by atoms with van der Waals surface area (Å²) in [5.74, 6) is 0.136. The maximum absolute atomic E-state index is 11.3. The van der Waals surface area contributed by atoms with Crippen LogP contribution in [0.2, 0.25) is 0 Å². The maximum Gasteiger partial charge on any atom is 1.00 e. The van der Waals surface area contributed by atoms with Crippen molar-refractivity contribution in [1.82, 2.24) is 9.38 Å². The number of para-hydroxylation sites is 1. The van der Waals surface area contributed by atoms with E-state index in [0.717, 1.165) is 5.65 Å².